The second-order valence-electron chi connectivity index (χ2n) is 6.73. The van der Waals surface area contributed by atoms with Crippen molar-refractivity contribution < 1.29 is 14.3 Å². The van der Waals surface area contributed by atoms with E-state index in [2.05, 4.69) is 19.9 Å². The van der Waals surface area contributed by atoms with E-state index in [1.165, 1.54) is 0 Å². The monoisotopic (exact) mass is 376 g/mol. The number of fused-ring (bicyclic) bond motifs is 5. The lowest BCUT2D eigenvalue weighted by Crippen LogP contribution is -2.11. The van der Waals surface area contributed by atoms with E-state index >= 15 is 0 Å². The molecule has 4 heterocycles. The molecule has 1 amide bonds. The van der Waals surface area contributed by atoms with Gasteiger partial charge in [-0.2, -0.15) is 0 Å². The lowest BCUT2D eigenvalue weighted by molar-refractivity contribution is 0.100. The van der Waals surface area contributed by atoms with Gasteiger partial charge in [0.1, 0.15) is 11.4 Å². The number of imidazole rings is 1. The second kappa shape index (κ2) is 5.32. The van der Waals surface area contributed by atoms with Gasteiger partial charge in [0.2, 0.25) is 0 Å². The van der Waals surface area contributed by atoms with Crippen molar-refractivity contribution in [3.8, 4) is 17.3 Å². The number of primary amides is 1. The van der Waals surface area contributed by atoms with E-state index in [9.17, 15) is 9.90 Å². The molecule has 0 unspecified atom stereocenters. The maximum Gasteiger partial charge on any atom is 0.253 e. The second-order valence-corrected chi connectivity index (χ2v) is 6.73. The minimum Gasteiger partial charge on any atom is -0.508 e. The number of amides is 1. The molecule has 1 aromatic carbocycles. The number of carbonyl (C=O) groups excluding carboxylic acids is 1. The van der Waals surface area contributed by atoms with Gasteiger partial charge in [0.15, 0.2) is 23.1 Å². The molecule has 0 saturated heterocycles. The fourth-order valence-corrected chi connectivity index (χ4v) is 3.70. The van der Waals surface area contributed by atoms with Crippen LogP contribution in [0, 0.1) is 20.8 Å². The molecule has 28 heavy (non-hydrogen) atoms. The quantitative estimate of drug-likeness (QED) is 0.433. The number of oxazole rings is 1. The number of rotatable bonds is 2. The standard InChI is InChI=1S/C19H16N6O3/c1-7-12(26)5-4-11-14(7)25-18-10(13(16(20)27)19(25)23-11)6-21-17(24-18)15-8(2)22-9(3)28-15/h4-6,23,26H,1-3H3,(H2,20,27). The van der Waals surface area contributed by atoms with Gasteiger partial charge in [-0.15, -0.1) is 0 Å². The predicted molar refractivity (Wildman–Crippen MR) is 102 cm³/mol. The van der Waals surface area contributed by atoms with E-state index in [-0.39, 0.29) is 5.75 Å². The van der Waals surface area contributed by atoms with Crippen molar-refractivity contribution in [2.45, 2.75) is 20.8 Å². The summed E-state index contributed by atoms with van der Waals surface area (Å²) < 4.78 is 7.42. The van der Waals surface area contributed by atoms with Crippen molar-refractivity contribution in [2.75, 3.05) is 0 Å². The number of nitrogens with zero attached hydrogens (tertiary/aromatic N) is 4. The van der Waals surface area contributed by atoms with Crippen molar-refractivity contribution in [3.05, 3.63) is 41.0 Å². The van der Waals surface area contributed by atoms with Crippen molar-refractivity contribution in [1.82, 2.24) is 24.3 Å². The van der Waals surface area contributed by atoms with Gasteiger partial charge in [-0.1, -0.05) is 0 Å². The molecule has 0 atom stereocenters. The summed E-state index contributed by atoms with van der Waals surface area (Å²) in [6, 6.07) is 3.34. The Hall–Kier alpha value is -3.88. The molecular formula is C19H16N6O3. The van der Waals surface area contributed by atoms with Gasteiger partial charge in [-0.05, 0) is 26.0 Å². The van der Waals surface area contributed by atoms with E-state index in [0.717, 1.165) is 5.52 Å². The molecule has 140 valence electrons. The Bertz CT molecular complexity index is 1440. The van der Waals surface area contributed by atoms with Gasteiger partial charge in [0.05, 0.1) is 27.7 Å². The Kier molecular flexibility index (Phi) is 3.10. The average molecular weight is 376 g/mol. The van der Waals surface area contributed by atoms with Crippen molar-refractivity contribution in [2.24, 2.45) is 5.73 Å². The molecule has 0 aliphatic heterocycles. The highest BCUT2D eigenvalue weighted by atomic mass is 16.4. The van der Waals surface area contributed by atoms with Gasteiger partial charge in [-0.3, -0.25) is 9.20 Å². The smallest absolute Gasteiger partial charge is 0.253 e. The zero-order chi connectivity index (χ0) is 19.7. The number of carbonyl (C=O) groups is 1. The lowest BCUT2D eigenvalue weighted by Gasteiger charge is -2.03. The number of aryl methyl sites for hydroxylation is 3. The Morgan fingerprint density at radius 2 is 2.04 bits per heavy atom. The minimum absolute atomic E-state index is 0.145. The highest BCUT2D eigenvalue weighted by molar-refractivity contribution is 6.13. The van der Waals surface area contributed by atoms with E-state index in [1.54, 1.807) is 36.6 Å². The number of aromatic amines is 1. The molecular weight excluding hydrogens is 360 g/mol. The van der Waals surface area contributed by atoms with E-state index in [1.807, 2.05) is 6.92 Å². The Balaban J connectivity index is 1.97. The van der Waals surface area contributed by atoms with Crippen LogP contribution in [0.3, 0.4) is 0 Å². The first kappa shape index (κ1) is 16.3. The third kappa shape index (κ3) is 2.01. The number of H-pyrrole nitrogens is 1. The molecule has 9 heteroatoms. The molecule has 9 nitrogen and oxygen atoms in total. The maximum atomic E-state index is 12.2. The third-order valence-electron chi connectivity index (χ3n) is 4.94. The molecule has 5 aromatic rings. The normalized spacial score (nSPS) is 11.8. The molecule has 4 N–H and O–H groups in total. The average Bonchev–Trinajstić information content (AvgIpc) is 3.27. The third-order valence-corrected chi connectivity index (χ3v) is 4.94. The highest BCUT2D eigenvalue weighted by Crippen LogP contribution is 2.34. The van der Waals surface area contributed by atoms with E-state index < -0.39 is 5.91 Å². The predicted octanol–water partition coefficient (Wildman–Crippen LogP) is 2.75. The van der Waals surface area contributed by atoms with Gasteiger partial charge in [0.25, 0.3) is 5.91 Å². The summed E-state index contributed by atoms with van der Waals surface area (Å²) in [7, 11) is 0. The van der Waals surface area contributed by atoms with Crippen LogP contribution in [-0.2, 0) is 0 Å². The van der Waals surface area contributed by atoms with Gasteiger partial charge in [-0.25, -0.2) is 15.0 Å². The van der Waals surface area contributed by atoms with E-state index in [0.29, 0.717) is 56.5 Å². The molecule has 5 rings (SSSR count). The van der Waals surface area contributed by atoms with Crippen LogP contribution in [-0.4, -0.2) is 35.4 Å². The largest absolute Gasteiger partial charge is 0.508 e. The first-order valence-corrected chi connectivity index (χ1v) is 8.62. The first-order valence-electron chi connectivity index (χ1n) is 8.62. The summed E-state index contributed by atoms with van der Waals surface area (Å²) in [6.45, 7) is 5.37. The minimum atomic E-state index is -0.594. The zero-order valence-corrected chi connectivity index (χ0v) is 15.4. The topological polar surface area (TPSA) is 135 Å². The van der Waals surface area contributed by atoms with Crippen molar-refractivity contribution in [1.29, 1.82) is 0 Å². The van der Waals surface area contributed by atoms with Crippen LogP contribution in [0.2, 0.25) is 0 Å². The molecule has 0 aliphatic carbocycles. The summed E-state index contributed by atoms with van der Waals surface area (Å²) in [5.41, 5.74) is 9.73. The molecule has 0 aliphatic rings. The molecule has 0 saturated carbocycles. The zero-order valence-electron chi connectivity index (χ0n) is 15.4. The number of nitrogens with one attached hydrogen (secondary N) is 1. The maximum absolute atomic E-state index is 12.2. The van der Waals surface area contributed by atoms with Gasteiger partial charge < -0.3 is 20.2 Å². The van der Waals surface area contributed by atoms with Crippen LogP contribution in [0.25, 0.3) is 39.3 Å². The Labute approximate surface area is 157 Å². The number of aromatic hydroxyl groups is 1. The van der Waals surface area contributed by atoms with Crippen LogP contribution < -0.4 is 5.73 Å². The number of phenols is 1. The van der Waals surface area contributed by atoms with Crippen LogP contribution in [0.15, 0.2) is 22.7 Å². The lowest BCUT2D eigenvalue weighted by atomic mass is 10.2. The number of phenolic OH excluding ortho intramolecular Hbond substituents is 1. The molecule has 0 spiro atoms. The number of aromatic nitrogens is 5. The molecule has 4 aromatic heterocycles. The fraction of sp³-hybridized carbons (Fsp3) is 0.158. The van der Waals surface area contributed by atoms with Crippen molar-refractivity contribution in [3.63, 3.8) is 0 Å². The summed E-state index contributed by atoms with van der Waals surface area (Å²) in [5, 5.41) is 10.7. The molecule has 0 fully saturated rings. The SMILES string of the molecule is Cc1nc(C)c(-c2ncc3c(C(N)=O)c4[nH]c5ccc(O)c(C)c5n4c3n2)o1. The molecule has 0 radical (unpaired) electrons. The number of benzene rings is 1. The first-order chi connectivity index (χ1) is 13.4. The van der Waals surface area contributed by atoms with Crippen LogP contribution >= 0.6 is 0 Å². The van der Waals surface area contributed by atoms with Gasteiger partial charge in [0, 0.05) is 18.7 Å². The summed E-state index contributed by atoms with van der Waals surface area (Å²) >= 11 is 0. The van der Waals surface area contributed by atoms with Crippen LogP contribution in [0.4, 0.5) is 0 Å². The van der Waals surface area contributed by atoms with Crippen molar-refractivity contribution >= 4 is 33.6 Å². The summed E-state index contributed by atoms with van der Waals surface area (Å²) in [5.74, 6) is 0.889. The number of hydrogen-bond donors (Lipinski definition) is 3. The highest BCUT2D eigenvalue weighted by Gasteiger charge is 2.24. The van der Waals surface area contributed by atoms with Gasteiger partial charge >= 0.3 is 0 Å². The Morgan fingerprint density at radius 3 is 2.71 bits per heavy atom. The van der Waals surface area contributed by atoms with Crippen LogP contribution in [0.5, 0.6) is 5.75 Å². The summed E-state index contributed by atoms with van der Waals surface area (Å²) in [4.78, 5) is 28.7. The number of hydrogen-bond acceptors (Lipinski definition) is 6. The fourth-order valence-electron chi connectivity index (χ4n) is 3.70. The number of nitrogens with two attached hydrogens (primary N) is 1. The van der Waals surface area contributed by atoms with Crippen LogP contribution in [0.1, 0.15) is 27.5 Å². The van der Waals surface area contributed by atoms with E-state index in [4.69, 9.17) is 10.2 Å². The molecule has 0 bridgehead atoms. The Morgan fingerprint density at radius 1 is 1.25 bits per heavy atom. The summed E-state index contributed by atoms with van der Waals surface area (Å²) in [6.07, 6.45) is 1.56.